The van der Waals surface area contributed by atoms with Crippen molar-refractivity contribution in [1.82, 2.24) is 10.7 Å². The van der Waals surface area contributed by atoms with Crippen LogP contribution in [0.5, 0.6) is 0 Å². The summed E-state index contributed by atoms with van der Waals surface area (Å²) in [6.07, 6.45) is 3.45. The highest BCUT2D eigenvalue weighted by Crippen LogP contribution is 2.19. The molecule has 72 valence electrons. The number of hydrogen-bond acceptors (Lipinski definition) is 4. The lowest BCUT2D eigenvalue weighted by Gasteiger charge is -2.22. The Labute approximate surface area is 86.6 Å². The molecule has 4 nitrogen and oxygen atoms in total. The molecule has 3 N–H and O–H groups in total. The second kappa shape index (κ2) is 3.69. The van der Waals surface area contributed by atoms with Crippen LogP contribution in [-0.2, 0) is 0 Å². The number of nitrogens with one attached hydrogen (secondary N) is 1. The lowest BCUT2D eigenvalue weighted by atomic mass is 10.1. The van der Waals surface area contributed by atoms with Gasteiger partial charge in [0.2, 0.25) is 0 Å². The van der Waals surface area contributed by atoms with Crippen molar-refractivity contribution in [1.29, 1.82) is 0 Å². The second-order valence-electron chi connectivity index (χ2n) is 2.81. The summed E-state index contributed by atoms with van der Waals surface area (Å²) in [6, 6.07) is 7.46. The smallest absolute Gasteiger partial charge is 0.0858 e. The molecule has 1 aromatic carbocycles. The molecule has 0 saturated carbocycles. The van der Waals surface area contributed by atoms with E-state index < -0.39 is 0 Å². The number of nitrogens with zero attached hydrogens (tertiary/aromatic N) is 2. The number of rotatable bonds is 1. The first-order chi connectivity index (χ1) is 6.77. The molecule has 5 heteroatoms. The monoisotopic (exact) mass is 208 g/mol. The summed E-state index contributed by atoms with van der Waals surface area (Å²) in [7, 11) is 0. The molecule has 0 unspecified atom stereocenters. The summed E-state index contributed by atoms with van der Waals surface area (Å²) >= 11 is 5.87. The molecule has 1 aliphatic rings. The van der Waals surface area contributed by atoms with Gasteiger partial charge in [-0.15, -0.1) is 0 Å². The highest BCUT2D eigenvalue weighted by molar-refractivity contribution is 6.30. The molecule has 0 spiro atoms. The van der Waals surface area contributed by atoms with Crippen molar-refractivity contribution in [3.8, 4) is 0 Å². The first-order valence-electron chi connectivity index (χ1n) is 4.07. The van der Waals surface area contributed by atoms with Crippen LogP contribution in [0.1, 0.15) is 5.56 Å². The molecular weight excluding hydrogens is 200 g/mol. The Hall–Kier alpha value is -1.52. The van der Waals surface area contributed by atoms with Gasteiger partial charge in [-0.1, -0.05) is 23.7 Å². The Bertz CT molecular complexity index is 400. The van der Waals surface area contributed by atoms with E-state index >= 15 is 0 Å². The van der Waals surface area contributed by atoms with Gasteiger partial charge in [-0.05, 0) is 18.2 Å². The zero-order valence-electron chi connectivity index (χ0n) is 7.31. The van der Waals surface area contributed by atoms with E-state index in [1.807, 2.05) is 30.3 Å². The minimum Gasteiger partial charge on any atom is -0.227 e. The lowest BCUT2D eigenvalue weighted by Crippen LogP contribution is -2.40. The highest BCUT2D eigenvalue weighted by atomic mass is 35.5. The Kier molecular flexibility index (Phi) is 2.39. The largest absolute Gasteiger partial charge is 0.227 e. The van der Waals surface area contributed by atoms with Crippen LogP contribution < -0.4 is 11.4 Å². The van der Waals surface area contributed by atoms with E-state index in [0.29, 0.717) is 5.02 Å². The van der Waals surface area contributed by atoms with E-state index in [9.17, 15) is 0 Å². The van der Waals surface area contributed by atoms with Crippen molar-refractivity contribution in [2.45, 2.75) is 0 Å². The van der Waals surface area contributed by atoms with Gasteiger partial charge >= 0.3 is 0 Å². The summed E-state index contributed by atoms with van der Waals surface area (Å²) in [4.78, 5) is 0. The number of halogens is 1. The number of hydrogen-bond donors (Lipinski definition) is 2. The van der Waals surface area contributed by atoms with Gasteiger partial charge in [-0.2, -0.15) is 5.10 Å². The molecule has 0 amide bonds. The standard InChI is InChI=1S/C9H9ClN4/c10-8-3-1-2-7(6-8)9-4-5-12-13-14(9)11/h1-6,13H,11H2. The van der Waals surface area contributed by atoms with Crippen molar-refractivity contribution in [3.63, 3.8) is 0 Å². The van der Waals surface area contributed by atoms with Crippen LogP contribution in [0.3, 0.4) is 0 Å². The maximum atomic E-state index is 5.87. The molecule has 0 aromatic heterocycles. The summed E-state index contributed by atoms with van der Waals surface area (Å²) in [6.45, 7) is 0. The van der Waals surface area contributed by atoms with Crippen molar-refractivity contribution >= 4 is 23.5 Å². The molecule has 14 heavy (non-hydrogen) atoms. The fourth-order valence-corrected chi connectivity index (χ4v) is 1.41. The first kappa shape index (κ1) is 9.05. The van der Waals surface area contributed by atoms with Gasteiger partial charge in [0.1, 0.15) is 0 Å². The fraction of sp³-hybridized carbons (Fsp3) is 0. The van der Waals surface area contributed by atoms with Crippen LogP contribution in [-0.4, -0.2) is 11.3 Å². The Morgan fingerprint density at radius 3 is 3.00 bits per heavy atom. The molecule has 0 radical (unpaired) electrons. The van der Waals surface area contributed by atoms with Crippen molar-refractivity contribution in [2.24, 2.45) is 10.9 Å². The Morgan fingerprint density at radius 2 is 2.29 bits per heavy atom. The number of nitrogens with two attached hydrogens (primary N) is 1. The Morgan fingerprint density at radius 1 is 1.43 bits per heavy atom. The van der Waals surface area contributed by atoms with Gasteiger partial charge < -0.3 is 0 Å². The molecular formula is C9H9ClN4. The number of hydrazine groups is 2. The predicted octanol–water partition coefficient (Wildman–Crippen LogP) is 1.36. The van der Waals surface area contributed by atoms with Crippen molar-refractivity contribution in [3.05, 3.63) is 40.9 Å². The molecule has 1 aromatic rings. The van der Waals surface area contributed by atoms with Crippen molar-refractivity contribution in [2.75, 3.05) is 0 Å². The second-order valence-corrected chi connectivity index (χ2v) is 3.25. The van der Waals surface area contributed by atoms with Gasteiger partial charge in [0.15, 0.2) is 0 Å². The summed E-state index contributed by atoms with van der Waals surface area (Å²) in [5.41, 5.74) is 4.38. The topological polar surface area (TPSA) is 53.6 Å². The van der Waals surface area contributed by atoms with E-state index in [1.54, 1.807) is 6.21 Å². The van der Waals surface area contributed by atoms with Crippen LogP contribution in [0.15, 0.2) is 35.4 Å². The third-order valence-electron chi connectivity index (χ3n) is 1.85. The van der Waals surface area contributed by atoms with Gasteiger partial charge in [0.25, 0.3) is 0 Å². The number of allylic oxidation sites excluding steroid dienone is 1. The third kappa shape index (κ3) is 1.71. The maximum Gasteiger partial charge on any atom is 0.0858 e. The van der Waals surface area contributed by atoms with Crippen LogP contribution >= 0.6 is 11.6 Å². The van der Waals surface area contributed by atoms with Gasteiger partial charge in [0.05, 0.1) is 11.9 Å². The molecule has 1 heterocycles. The van der Waals surface area contributed by atoms with Crippen LogP contribution in [0.2, 0.25) is 5.02 Å². The minimum absolute atomic E-state index is 0.680. The lowest BCUT2D eigenvalue weighted by molar-refractivity contribution is 0.304. The molecule has 0 bridgehead atoms. The first-order valence-corrected chi connectivity index (χ1v) is 4.45. The van der Waals surface area contributed by atoms with Crippen LogP contribution in [0.4, 0.5) is 0 Å². The molecule has 0 atom stereocenters. The average molecular weight is 209 g/mol. The average Bonchev–Trinajstić information content (AvgIpc) is 2.18. The Balaban J connectivity index is 2.39. The molecule has 0 saturated heterocycles. The molecule has 2 rings (SSSR count). The van der Waals surface area contributed by atoms with Crippen LogP contribution in [0.25, 0.3) is 5.70 Å². The summed E-state index contributed by atoms with van der Waals surface area (Å²) in [5.74, 6) is 5.66. The quantitative estimate of drug-likeness (QED) is 0.686. The zero-order chi connectivity index (χ0) is 9.97. The summed E-state index contributed by atoms with van der Waals surface area (Å²) < 4.78 is 0. The van der Waals surface area contributed by atoms with Crippen molar-refractivity contribution < 1.29 is 0 Å². The van der Waals surface area contributed by atoms with Gasteiger partial charge in [-0.25, -0.2) is 16.5 Å². The fourth-order valence-electron chi connectivity index (χ4n) is 1.22. The van der Waals surface area contributed by atoms with Crippen LogP contribution in [0, 0.1) is 0 Å². The van der Waals surface area contributed by atoms with Gasteiger partial charge in [-0.3, -0.25) is 0 Å². The molecule has 0 fully saturated rings. The number of benzene rings is 1. The SMILES string of the molecule is NN1NN=CC=C1c1cccc(Cl)c1. The van der Waals surface area contributed by atoms with Gasteiger partial charge in [0, 0.05) is 10.6 Å². The summed E-state index contributed by atoms with van der Waals surface area (Å²) in [5, 5.41) is 5.79. The van der Waals surface area contributed by atoms with E-state index in [0.717, 1.165) is 11.3 Å². The normalized spacial score (nSPS) is 15.0. The highest BCUT2D eigenvalue weighted by Gasteiger charge is 2.09. The number of hydrazone groups is 1. The third-order valence-corrected chi connectivity index (χ3v) is 2.09. The molecule has 0 aliphatic carbocycles. The predicted molar refractivity (Wildman–Crippen MR) is 57.1 cm³/mol. The minimum atomic E-state index is 0.680. The molecule has 1 aliphatic heterocycles. The zero-order valence-corrected chi connectivity index (χ0v) is 8.07. The van der Waals surface area contributed by atoms with E-state index in [1.165, 1.54) is 5.12 Å². The van der Waals surface area contributed by atoms with E-state index in [2.05, 4.69) is 10.6 Å². The van der Waals surface area contributed by atoms with E-state index in [4.69, 9.17) is 17.4 Å². The maximum absolute atomic E-state index is 5.87. The van der Waals surface area contributed by atoms with E-state index in [-0.39, 0.29) is 0 Å².